The summed E-state index contributed by atoms with van der Waals surface area (Å²) in [6.45, 7) is 4.21. The number of hydrogen-bond acceptors (Lipinski definition) is 5. The van der Waals surface area contributed by atoms with Crippen molar-refractivity contribution in [1.29, 1.82) is 0 Å². The van der Waals surface area contributed by atoms with Gasteiger partial charge >= 0.3 is 0 Å². The van der Waals surface area contributed by atoms with E-state index in [-0.39, 0.29) is 28.8 Å². The van der Waals surface area contributed by atoms with Crippen LogP contribution in [-0.2, 0) is 17.8 Å². The fraction of sp³-hybridized carbons (Fsp3) is 0.593. The molecule has 1 aromatic carbocycles. The van der Waals surface area contributed by atoms with Gasteiger partial charge in [-0.15, -0.1) is 0 Å². The first-order chi connectivity index (χ1) is 16.9. The van der Waals surface area contributed by atoms with Crippen molar-refractivity contribution in [3.05, 3.63) is 52.1 Å². The number of halogens is 2. The molecule has 1 amide bonds. The van der Waals surface area contributed by atoms with Crippen LogP contribution in [-0.4, -0.2) is 57.9 Å². The highest BCUT2D eigenvalue weighted by Gasteiger charge is 2.39. The lowest BCUT2D eigenvalue weighted by Crippen LogP contribution is -2.50. The minimum Gasteiger partial charge on any atom is -0.351 e. The van der Waals surface area contributed by atoms with E-state index in [0.29, 0.717) is 18.5 Å². The molecule has 188 valence electrons. The summed E-state index contributed by atoms with van der Waals surface area (Å²) in [6.07, 6.45) is 9.58. The molecule has 1 aliphatic carbocycles. The molecular formula is C27H35ClFN5O. The van der Waals surface area contributed by atoms with Gasteiger partial charge in [0.25, 0.3) is 0 Å². The molecule has 1 N–H and O–H groups in total. The first-order valence-electron chi connectivity index (χ1n) is 12.9. The number of amides is 1. The van der Waals surface area contributed by atoms with Crippen LogP contribution < -0.4 is 5.32 Å². The fourth-order valence-electron chi connectivity index (χ4n) is 5.99. The number of rotatable bonds is 4. The summed E-state index contributed by atoms with van der Waals surface area (Å²) < 4.78 is 13.8. The zero-order valence-corrected chi connectivity index (χ0v) is 21.4. The SMILES string of the molecule is C[C@@H]1Cc2cnc(NC3CCCCC3)nc2CN1C(=O)[C@H]1CCN(C)C[C@@H]1c1ccc(F)c(Cl)c1. The maximum atomic E-state index is 14.0. The smallest absolute Gasteiger partial charge is 0.227 e. The summed E-state index contributed by atoms with van der Waals surface area (Å²) >= 11 is 6.11. The van der Waals surface area contributed by atoms with Gasteiger partial charge in [0.05, 0.1) is 17.3 Å². The Bertz CT molecular complexity index is 1080. The number of nitrogens with one attached hydrogen (secondary N) is 1. The van der Waals surface area contributed by atoms with E-state index in [1.54, 1.807) is 12.1 Å². The van der Waals surface area contributed by atoms with E-state index in [2.05, 4.69) is 29.2 Å². The van der Waals surface area contributed by atoms with Crippen LogP contribution in [0.1, 0.15) is 68.2 Å². The van der Waals surface area contributed by atoms with Crippen molar-refractivity contribution >= 4 is 23.5 Å². The normalized spacial score (nSPS) is 25.8. The van der Waals surface area contributed by atoms with Crippen LogP contribution in [0.3, 0.4) is 0 Å². The second-order valence-corrected chi connectivity index (χ2v) is 11.0. The second-order valence-electron chi connectivity index (χ2n) is 10.6. The number of nitrogens with zero attached hydrogens (tertiary/aromatic N) is 4. The lowest BCUT2D eigenvalue weighted by Gasteiger charge is -2.42. The molecule has 2 aromatic rings. The van der Waals surface area contributed by atoms with Crippen molar-refractivity contribution in [2.45, 2.75) is 76.4 Å². The Hall–Kier alpha value is -2.25. The third-order valence-corrected chi connectivity index (χ3v) is 8.34. The zero-order chi connectivity index (χ0) is 24.5. The van der Waals surface area contributed by atoms with Gasteiger partial charge in [0.1, 0.15) is 5.82 Å². The summed E-state index contributed by atoms with van der Waals surface area (Å²) in [5, 5.41) is 3.63. The molecule has 0 bridgehead atoms. The number of piperidine rings is 1. The van der Waals surface area contributed by atoms with E-state index in [1.807, 2.05) is 11.1 Å². The van der Waals surface area contributed by atoms with Gasteiger partial charge in [-0.05, 0) is 69.5 Å². The minimum absolute atomic E-state index is 0.0260. The van der Waals surface area contributed by atoms with Gasteiger partial charge in [0.15, 0.2) is 0 Å². The van der Waals surface area contributed by atoms with Gasteiger partial charge in [0, 0.05) is 36.7 Å². The molecule has 1 saturated heterocycles. The number of fused-ring (bicyclic) bond motifs is 1. The van der Waals surface area contributed by atoms with E-state index in [1.165, 1.54) is 25.3 Å². The van der Waals surface area contributed by atoms with Crippen LogP contribution in [0.2, 0.25) is 5.02 Å². The van der Waals surface area contributed by atoms with Gasteiger partial charge in [-0.2, -0.15) is 0 Å². The van der Waals surface area contributed by atoms with E-state index in [0.717, 1.165) is 55.6 Å². The summed E-state index contributed by atoms with van der Waals surface area (Å²) in [4.78, 5) is 27.6. The molecule has 2 fully saturated rings. The van der Waals surface area contributed by atoms with E-state index < -0.39 is 5.82 Å². The Morgan fingerprint density at radius 2 is 2.00 bits per heavy atom. The van der Waals surface area contributed by atoms with Crippen molar-refractivity contribution in [3.63, 3.8) is 0 Å². The number of likely N-dealkylation sites (N-methyl/N-ethyl adjacent to an activating group) is 1. The molecule has 3 aliphatic rings. The average Bonchev–Trinajstić information content (AvgIpc) is 2.85. The van der Waals surface area contributed by atoms with Gasteiger partial charge in [0.2, 0.25) is 11.9 Å². The summed E-state index contributed by atoms with van der Waals surface area (Å²) in [5.41, 5.74) is 2.99. The van der Waals surface area contributed by atoms with Crippen LogP contribution >= 0.6 is 11.6 Å². The molecule has 2 aliphatic heterocycles. The number of likely N-dealkylation sites (tertiary alicyclic amines) is 1. The molecule has 1 aromatic heterocycles. The fourth-order valence-corrected chi connectivity index (χ4v) is 6.18. The van der Waals surface area contributed by atoms with E-state index in [4.69, 9.17) is 16.6 Å². The first kappa shape index (κ1) is 24.4. The number of aromatic nitrogens is 2. The lowest BCUT2D eigenvalue weighted by atomic mass is 9.79. The van der Waals surface area contributed by atoms with Gasteiger partial charge in [-0.1, -0.05) is 36.9 Å². The van der Waals surface area contributed by atoms with Crippen LogP contribution in [0.4, 0.5) is 10.3 Å². The maximum Gasteiger partial charge on any atom is 0.227 e. The first-order valence-corrected chi connectivity index (χ1v) is 13.3. The lowest BCUT2D eigenvalue weighted by molar-refractivity contribution is -0.141. The number of benzene rings is 1. The van der Waals surface area contributed by atoms with Gasteiger partial charge in [-0.25, -0.2) is 14.4 Å². The van der Waals surface area contributed by atoms with Crippen LogP contribution in [0.25, 0.3) is 0 Å². The second kappa shape index (κ2) is 10.4. The Kier molecular flexibility index (Phi) is 7.26. The maximum absolute atomic E-state index is 14.0. The third kappa shape index (κ3) is 5.31. The quantitative estimate of drug-likeness (QED) is 0.639. The molecule has 5 rings (SSSR count). The standard InChI is InChI=1S/C27H35ClFN5O/c1-17-12-19-14-30-27(31-20-6-4-3-5-7-20)32-25(19)16-34(17)26(35)21-10-11-33(2)15-22(21)18-8-9-24(29)23(28)13-18/h8-9,13-14,17,20-22H,3-7,10-12,15-16H2,1-2H3,(H,30,31,32)/t17-,21+,22-/m1/s1. The predicted molar refractivity (Wildman–Crippen MR) is 136 cm³/mol. The van der Waals surface area contributed by atoms with Gasteiger partial charge < -0.3 is 15.1 Å². The van der Waals surface area contributed by atoms with Crippen LogP contribution in [0.15, 0.2) is 24.4 Å². The summed E-state index contributed by atoms with van der Waals surface area (Å²) in [7, 11) is 2.07. The van der Waals surface area contributed by atoms with E-state index in [9.17, 15) is 9.18 Å². The minimum atomic E-state index is -0.430. The molecule has 3 atom stereocenters. The summed E-state index contributed by atoms with van der Waals surface area (Å²) in [6, 6.07) is 5.38. The Labute approximate surface area is 212 Å². The zero-order valence-electron chi connectivity index (χ0n) is 20.6. The largest absolute Gasteiger partial charge is 0.351 e. The predicted octanol–water partition coefficient (Wildman–Crippen LogP) is 5.02. The molecule has 0 radical (unpaired) electrons. The number of hydrogen-bond donors (Lipinski definition) is 1. The molecule has 1 saturated carbocycles. The highest BCUT2D eigenvalue weighted by Crippen LogP contribution is 2.36. The molecule has 6 nitrogen and oxygen atoms in total. The Balaban J connectivity index is 1.35. The van der Waals surface area contributed by atoms with E-state index >= 15 is 0 Å². The van der Waals surface area contributed by atoms with Crippen molar-refractivity contribution in [1.82, 2.24) is 19.8 Å². The number of carbonyl (C=O) groups excluding carboxylic acids is 1. The highest BCUT2D eigenvalue weighted by atomic mass is 35.5. The molecular weight excluding hydrogens is 465 g/mol. The number of anilines is 1. The molecule has 3 heterocycles. The monoisotopic (exact) mass is 499 g/mol. The average molecular weight is 500 g/mol. The van der Waals surface area contributed by atoms with Crippen LogP contribution in [0.5, 0.6) is 0 Å². The third-order valence-electron chi connectivity index (χ3n) is 8.05. The topological polar surface area (TPSA) is 61.4 Å². The summed E-state index contributed by atoms with van der Waals surface area (Å²) in [5.74, 6) is 0.208. The molecule has 0 unspecified atom stereocenters. The van der Waals surface area contributed by atoms with Crippen molar-refractivity contribution in [2.24, 2.45) is 5.92 Å². The molecule has 35 heavy (non-hydrogen) atoms. The van der Waals surface area contributed by atoms with Gasteiger partial charge in [-0.3, -0.25) is 4.79 Å². The molecule has 0 spiro atoms. The van der Waals surface area contributed by atoms with Crippen molar-refractivity contribution in [2.75, 3.05) is 25.5 Å². The highest BCUT2D eigenvalue weighted by molar-refractivity contribution is 6.30. The van der Waals surface area contributed by atoms with Crippen LogP contribution in [0, 0.1) is 11.7 Å². The van der Waals surface area contributed by atoms with Crippen molar-refractivity contribution in [3.8, 4) is 0 Å². The molecule has 8 heteroatoms. The Morgan fingerprint density at radius 1 is 1.20 bits per heavy atom. The Morgan fingerprint density at radius 3 is 2.77 bits per heavy atom. The van der Waals surface area contributed by atoms with Crippen molar-refractivity contribution < 1.29 is 9.18 Å². The number of carbonyl (C=O) groups is 1.